The van der Waals surface area contributed by atoms with Gasteiger partial charge in [0.25, 0.3) is 0 Å². The van der Waals surface area contributed by atoms with Crippen molar-refractivity contribution in [2.24, 2.45) is 5.92 Å². The summed E-state index contributed by atoms with van der Waals surface area (Å²) >= 11 is 0. The maximum Gasteiger partial charge on any atom is 0.109 e. The van der Waals surface area contributed by atoms with E-state index in [0.29, 0.717) is 5.92 Å². The summed E-state index contributed by atoms with van der Waals surface area (Å²) in [4.78, 5) is 4.81. The monoisotopic (exact) mass is 254 g/mol. The molecule has 2 aromatic rings. The lowest BCUT2D eigenvalue weighted by atomic mass is 10.0. The van der Waals surface area contributed by atoms with Gasteiger partial charge >= 0.3 is 0 Å². The van der Waals surface area contributed by atoms with Crippen LogP contribution in [0.5, 0.6) is 0 Å². The van der Waals surface area contributed by atoms with Crippen LogP contribution in [0.15, 0.2) is 30.5 Å². The number of hydrogen-bond acceptors (Lipinski definition) is 1. The lowest BCUT2D eigenvalue weighted by Gasteiger charge is -2.18. The van der Waals surface area contributed by atoms with E-state index in [2.05, 4.69) is 55.8 Å². The highest BCUT2D eigenvalue weighted by Gasteiger charge is 2.17. The molecule has 1 aromatic heterocycles. The minimum absolute atomic E-state index is 0.588. The molecule has 1 atom stereocenters. The second-order valence-corrected chi connectivity index (χ2v) is 6.11. The van der Waals surface area contributed by atoms with Crippen molar-refractivity contribution in [3.05, 3.63) is 41.9 Å². The highest BCUT2D eigenvalue weighted by atomic mass is 15.1. The quantitative estimate of drug-likeness (QED) is 0.783. The summed E-state index contributed by atoms with van der Waals surface area (Å²) in [5.41, 5.74) is 3.75. The Labute approximate surface area is 115 Å². The molecular weight excluding hydrogens is 232 g/mol. The van der Waals surface area contributed by atoms with E-state index in [9.17, 15) is 0 Å². The van der Waals surface area contributed by atoms with Crippen molar-refractivity contribution in [2.75, 3.05) is 0 Å². The van der Waals surface area contributed by atoms with Crippen LogP contribution in [0.2, 0.25) is 0 Å². The van der Waals surface area contributed by atoms with Crippen LogP contribution >= 0.6 is 0 Å². The van der Waals surface area contributed by atoms with E-state index in [1.165, 1.54) is 23.4 Å². The van der Waals surface area contributed by atoms with E-state index in [1.807, 2.05) is 0 Å². The molecule has 0 spiro atoms. The van der Waals surface area contributed by atoms with Crippen molar-refractivity contribution < 1.29 is 0 Å². The molecule has 0 aliphatic carbocycles. The maximum atomic E-state index is 4.81. The van der Waals surface area contributed by atoms with Crippen LogP contribution in [-0.2, 0) is 13.0 Å². The smallest absolute Gasteiger partial charge is 0.109 e. The van der Waals surface area contributed by atoms with Crippen LogP contribution in [0.4, 0.5) is 0 Å². The van der Waals surface area contributed by atoms with Crippen LogP contribution < -0.4 is 0 Å². The van der Waals surface area contributed by atoms with Crippen molar-refractivity contribution in [3.8, 4) is 11.3 Å². The van der Waals surface area contributed by atoms with Gasteiger partial charge in [0.05, 0.1) is 5.69 Å². The Kier molecular flexibility index (Phi) is 3.17. The third-order valence-electron chi connectivity index (χ3n) is 4.13. The topological polar surface area (TPSA) is 17.8 Å². The van der Waals surface area contributed by atoms with E-state index < -0.39 is 0 Å². The van der Waals surface area contributed by atoms with Crippen molar-refractivity contribution in [1.29, 1.82) is 0 Å². The summed E-state index contributed by atoms with van der Waals surface area (Å²) in [6.07, 6.45) is 4.60. The van der Waals surface area contributed by atoms with Crippen LogP contribution in [0.1, 0.15) is 44.5 Å². The summed E-state index contributed by atoms with van der Waals surface area (Å²) in [6.45, 7) is 7.89. The number of nitrogens with zero attached hydrogens (tertiary/aromatic N) is 2. The lowest BCUT2D eigenvalue weighted by molar-refractivity contribution is 0.409. The van der Waals surface area contributed by atoms with E-state index in [4.69, 9.17) is 4.98 Å². The van der Waals surface area contributed by atoms with Gasteiger partial charge in [-0.3, -0.25) is 0 Å². The van der Waals surface area contributed by atoms with Gasteiger partial charge in [-0.1, -0.05) is 45.0 Å². The summed E-state index contributed by atoms with van der Waals surface area (Å²) < 4.78 is 2.33. The Bertz CT molecular complexity index is 563. The van der Waals surface area contributed by atoms with Gasteiger partial charge in [0.15, 0.2) is 0 Å². The van der Waals surface area contributed by atoms with Crippen LogP contribution in [-0.4, -0.2) is 9.55 Å². The van der Waals surface area contributed by atoms with Crippen molar-refractivity contribution in [3.63, 3.8) is 0 Å². The van der Waals surface area contributed by atoms with Crippen LogP contribution in [0.3, 0.4) is 0 Å². The lowest BCUT2D eigenvalue weighted by Crippen LogP contribution is -2.16. The molecule has 0 amide bonds. The Morgan fingerprint density at radius 3 is 2.63 bits per heavy atom. The summed E-state index contributed by atoms with van der Waals surface area (Å²) in [7, 11) is 0. The van der Waals surface area contributed by atoms with Gasteiger partial charge < -0.3 is 4.57 Å². The number of imidazole rings is 1. The van der Waals surface area contributed by atoms with Crippen LogP contribution in [0, 0.1) is 5.92 Å². The van der Waals surface area contributed by atoms with Gasteiger partial charge in [-0.05, 0) is 23.8 Å². The average molecular weight is 254 g/mol. The third-order valence-corrected chi connectivity index (χ3v) is 4.13. The van der Waals surface area contributed by atoms with Gasteiger partial charge in [-0.2, -0.15) is 0 Å². The zero-order chi connectivity index (χ0) is 13.4. The molecule has 0 saturated carbocycles. The number of rotatable bonds is 2. The molecule has 2 heteroatoms. The second-order valence-electron chi connectivity index (χ2n) is 6.11. The molecule has 1 aliphatic rings. The normalized spacial score (nSPS) is 18.6. The summed E-state index contributed by atoms with van der Waals surface area (Å²) in [5, 5.41) is 0. The standard InChI is InChI=1S/C17H22N2/c1-12(2)14-4-6-15(7-5-14)16-11-19-9-8-13(3)10-17(19)18-16/h4-7,11-13H,8-10H2,1-3H3. The molecule has 3 rings (SSSR count). The molecule has 19 heavy (non-hydrogen) atoms. The number of hydrogen-bond donors (Lipinski definition) is 0. The molecule has 0 bridgehead atoms. The molecule has 0 saturated heterocycles. The van der Waals surface area contributed by atoms with Gasteiger partial charge in [0.1, 0.15) is 5.82 Å². The Morgan fingerprint density at radius 1 is 1.21 bits per heavy atom. The third kappa shape index (κ3) is 2.44. The predicted octanol–water partition coefficient (Wildman–Crippen LogP) is 4.26. The van der Waals surface area contributed by atoms with Crippen molar-refractivity contribution in [2.45, 2.75) is 46.1 Å². The SMILES string of the molecule is CC1CCn2cc(-c3ccc(C(C)C)cc3)nc2C1. The largest absolute Gasteiger partial charge is 0.334 e. The fourth-order valence-electron chi connectivity index (χ4n) is 2.76. The Morgan fingerprint density at radius 2 is 1.95 bits per heavy atom. The maximum absolute atomic E-state index is 4.81. The molecule has 0 N–H and O–H groups in total. The molecule has 2 nitrogen and oxygen atoms in total. The minimum atomic E-state index is 0.588. The van der Waals surface area contributed by atoms with Crippen molar-refractivity contribution in [1.82, 2.24) is 9.55 Å². The number of fused-ring (bicyclic) bond motifs is 1. The fourth-order valence-corrected chi connectivity index (χ4v) is 2.76. The first-order valence-electron chi connectivity index (χ1n) is 7.30. The number of aromatic nitrogens is 2. The first kappa shape index (κ1) is 12.5. The Balaban J connectivity index is 1.90. The number of aryl methyl sites for hydroxylation is 1. The van der Waals surface area contributed by atoms with Gasteiger partial charge in [-0.15, -0.1) is 0 Å². The Hall–Kier alpha value is -1.57. The summed E-state index contributed by atoms with van der Waals surface area (Å²) in [5.74, 6) is 2.61. The minimum Gasteiger partial charge on any atom is -0.334 e. The number of benzene rings is 1. The van der Waals surface area contributed by atoms with Gasteiger partial charge in [0.2, 0.25) is 0 Å². The second kappa shape index (κ2) is 4.84. The fraction of sp³-hybridized carbons (Fsp3) is 0.471. The van der Waals surface area contributed by atoms with E-state index >= 15 is 0 Å². The molecule has 1 unspecified atom stereocenters. The first-order valence-corrected chi connectivity index (χ1v) is 7.30. The molecule has 0 fully saturated rings. The molecule has 1 aliphatic heterocycles. The summed E-state index contributed by atoms with van der Waals surface area (Å²) in [6, 6.07) is 8.85. The highest BCUT2D eigenvalue weighted by molar-refractivity contribution is 5.59. The molecule has 2 heterocycles. The zero-order valence-corrected chi connectivity index (χ0v) is 12.1. The van der Waals surface area contributed by atoms with Gasteiger partial charge in [-0.25, -0.2) is 4.98 Å². The van der Waals surface area contributed by atoms with E-state index in [0.717, 1.165) is 24.6 Å². The predicted molar refractivity (Wildman–Crippen MR) is 79.2 cm³/mol. The van der Waals surface area contributed by atoms with E-state index in [1.54, 1.807) is 0 Å². The highest BCUT2D eigenvalue weighted by Crippen LogP contribution is 2.26. The van der Waals surface area contributed by atoms with Crippen LogP contribution in [0.25, 0.3) is 11.3 Å². The zero-order valence-electron chi connectivity index (χ0n) is 12.1. The molecule has 0 radical (unpaired) electrons. The average Bonchev–Trinajstić information content (AvgIpc) is 2.81. The first-order chi connectivity index (χ1) is 9.13. The molecule has 1 aromatic carbocycles. The van der Waals surface area contributed by atoms with Gasteiger partial charge in [0, 0.05) is 24.7 Å². The molecule has 100 valence electrons. The van der Waals surface area contributed by atoms with Crippen molar-refractivity contribution >= 4 is 0 Å². The van der Waals surface area contributed by atoms with E-state index in [-0.39, 0.29) is 0 Å². The molecular formula is C17H22N2.